The van der Waals surface area contributed by atoms with Gasteiger partial charge in [0.15, 0.2) is 0 Å². The van der Waals surface area contributed by atoms with E-state index in [0.29, 0.717) is 6.54 Å². The molecule has 0 radical (unpaired) electrons. The lowest BCUT2D eigenvalue weighted by Crippen LogP contribution is -2.46. The average molecular weight is 202 g/mol. The normalized spacial score (nSPS) is 13.1. The molecule has 0 rings (SSSR count). The number of nitrogens with one attached hydrogen (secondary N) is 2. The van der Waals surface area contributed by atoms with E-state index < -0.39 is 18.0 Å². The number of aliphatic carboxylic acids is 1. The minimum Gasteiger partial charge on any atom is -0.480 e. The van der Waals surface area contributed by atoms with Gasteiger partial charge in [-0.1, -0.05) is 20.8 Å². The van der Waals surface area contributed by atoms with Crippen LogP contribution in [0.5, 0.6) is 0 Å². The Hall–Kier alpha value is -1.26. The van der Waals surface area contributed by atoms with Gasteiger partial charge in [-0.05, 0) is 12.3 Å². The van der Waals surface area contributed by atoms with Crippen molar-refractivity contribution in [1.82, 2.24) is 10.6 Å². The van der Waals surface area contributed by atoms with Gasteiger partial charge in [0.1, 0.15) is 6.04 Å². The summed E-state index contributed by atoms with van der Waals surface area (Å²) in [7, 11) is 0. The summed E-state index contributed by atoms with van der Waals surface area (Å²) in [5, 5.41) is 13.4. The van der Waals surface area contributed by atoms with E-state index in [1.807, 2.05) is 20.8 Å². The minimum absolute atomic E-state index is 0.0101. The van der Waals surface area contributed by atoms with E-state index in [-0.39, 0.29) is 5.41 Å². The quantitative estimate of drug-likeness (QED) is 0.633. The van der Waals surface area contributed by atoms with E-state index in [0.717, 1.165) is 0 Å². The Labute approximate surface area is 83.9 Å². The van der Waals surface area contributed by atoms with Crippen LogP contribution in [0.15, 0.2) is 0 Å². The van der Waals surface area contributed by atoms with Crippen LogP contribution in [0.1, 0.15) is 27.7 Å². The average Bonchev–Trinajstić information content (AvgIpc) is 1.99. The highest BCUT2D eigenvalue weighted by Crippen LogP contribution is 2.09. The smallest absolute Gasteiger partial charge is 0.325 e. The SMILES string of the molecule is CC(NC(=O)NCC(C)(C)C)C(=O)O. The van der Waals surface area contributed by atoms with E-state index in [1.165, 1.54) is 6.92 Å². The molecule has 0 heterocycles. The van der Waals surface area contributed by atoms with Gasteiger partial charge in [0, 0.05) is 6.54 Å². The fraction of sp³-hybridized carbons (Fsp3) is 0.778. The van der Waals surface area contributed by atoms with Crippen molar-refractivity contribution < 1.29 is 14.7 Å². The monoisotopic (exact) mass is 202 g/mol. The lowest BCUT2D eigenvalue weighted by molar-refractivity contribution is -0.138. The highest BCUT2D eigenvalue weighted by atomic mass is 16.4. The Morgan fingerprint density at radius 2 is 1.86 bits per heavy atom. The molecule has 5 nitrogen and oxygen atoms in total. The highest BCUT2D eigenvalue weighted by molar-refractivity contribution is 5.82. The van der Waals surface area contributed by atoms with Crippen molar-refractivity contribution >= 4 is 12.0 Å². The lowest BCUT2D eigenvalue weighted by atomic mass is 9.97. The molecule has 0 aliphatic rings. The third-order valence-electron chi connectivity index (χ3n) is 1.50. The van der Waals surface area contributed by atoms with Gasteiger partial charge in [0.25, 0.3) is 0 Å². The molecule has 0 bridgehead atoms. The van der Waals surface area contributed by atoms with Gasteiger partial charge < -0.3 is 15.7 Å². The first-order valence-electron chi connectivity index (χ1n) is 4.49. The van der Waals surface area contributed by atoms with Crippen molar-refractivity contribution in [3.05, 3.63) is 0 Å². The van der Waals surface area contributed by atoms with Gasteiger partial charge in [-0.2, -0.15) is 0 Å². The van der Waals surface area contributed by atoms with Gasteiger partial charge in [-0.15, -0.1) is 0 Å². The topological polar surface area (TPSA) is 78.4 Å². The number of rotatable bonds is 3. The number of carbonyl (C=O) groups is 2. The Kier molecular flexibility index (Phi) is 4.40. The van der Waals surface area contributed by atoms with Crippen molar-refractivity contribution in [2.24, 2.45) is 5.41 Å². The van der Waals surface area contributed by atoms with Crippen LogP contribution in [0.25, 0.3) is 0 Å². The predicted molar refractivity (Wildman–Crippen MR) is 53.1 cm³/mol. The number of carbonyl (C=O) groups excluding carboxylic acids is 1. The van der Waals surface area contributed by atoms with Crippen LogP contribution in [0.2, 0.25) is 0 Å². The summed E-state index contributed by atoms with van der Waals surface area (Å²) in [6, 6.07) is -1.32. The number of amides is 2. The Morgan fingerprint density at radius 3 is 2.21 bits per heavy atom. The van der Waals surface area contributed by atoms with Crippen LogP contribution < -0.4 is 10.6 Å². The second-order valence-electron chi connectivity index (χ2n) is 4.45. The van der Waals surface area contributed by atoms with Crippen LogP contribution in [0.3, 0.4) is 0 Å². The zero-order valence-corrected chi connectivity index (χ0v) is 9.05. The minimum atomic E-state index is -1.05. The van der Waals surface area contributed by atoms with Gasteiger partial charge in [0.2, 0.25) is 0 Å². The Morgan fingerprint density at radius 1 is 1.36 bits per heavy atom. The molecular weight excluding hydrogens is 184 g/mol. The molecule has 82 valence electrons. The zero-order valence-electron chi connectivity index (χ0n) is 9.05. The molecule has 0 aliphatic carbocycles. The van der Waals surface area contributed by atoms with Crippen LogP contribution >= 0.6 is 0 Å². The molecule has 0 aromatic heterocycles. The number of hydrogen-bond donors (Lipinski definition) is 3. The molecule has 3 N–H and O–H groups in total. The molecule has 1 unspecified atom stereocenters. The first-order chi connectivity index (χ1) is 6.22. The highest BCUT2D eigenvalue weighted by Gasteiger charge is 2.15. The first-order valence-corrected chi connectivity index (χ1v) is 4.49. The van der Waals surface area contributed by atoms with Crippen molar-refractivity contribution in [3.63, 3.8) is 0 Å². The Balaban J connectivity index is 3.83. The number of urea groups is 1. The number of carboxylic acid groups (broad SMARTS) is 1. The number of hydrogen-bond acceptors (Lipinski definition) is 2. The van der Waals surface area contributed by atoms with E-state index in [2.05, 4.69) is 10.6 Å². The molecule has 0 spiro atoms. The molecular formula is C9H18N2O3. The lowest BCUT2D eigenvalue weighted by Gasteiger charge is -2.19. The summed E-state index contributed by atoms with van der Waals surface area (Å²) < 4.78 is 0. The van der Waals surface area contributed by atoms with Gasteiger partial charge in [-0.25, -0.2) is 4.79 Å². The molecule has 2 amide bonds. The molecule has 0 saturated carbocycles. The predicted octanol–water partition coefficient (Wildman–Crippen LogP) is 0.805. The standard InChI is InChI=1S/C9H18N2O3/c1-6(7(12)13)11-8(14)10-5-9(2,3)4/h6H,5H2,1-4H3,(H,12,13)(H2,10,11,14). The van der Waals surface area contributed by atoms with E-state index in [4.69, 9.17) is 5.11 Å². The van der Waals surface area contributed by atoms with Crippen molar-refractivity contribution in [2.75, 3.05) is 6.54 Å². The maximum atomic E-state index is 11.1. The summed E-state index contributed by atoms with van der Waals surface area (Å²) in [5.41, 5.74) is -0.0101. The molecule has 5 heteroatoms. The van der Waals surface area contributed by atoms with Crippen molar-refractivity contribution in [1.29, 1.82) is 0 Å². The van der Waals surface area contributed by atoms with E-state index in [9.17, 15) is 9.59 Å². The van der Waals surface area contributed by atoms with Crippen LogP contribution in [0, 0.1) is 5.41 Å². The third-order valence-corrected chi connectivity index (χ3v) is 1.50. The van der Waals surface area contributed by atoms with Gasteiger partial charge in [-0.3, -0.25) is 4.79 Å². The van der Waals surface area contributed by atoms with Gasteiger partial charge >= 0.3 is 12.0 Å². The summed E-state index contributed by atoms with van der Waals surface area (Å²) in [6.45, 7) is 7.86. The largest absolute Gasteiger partial charge is 0.480 e. The summed E-state index contributed by atoms with van der Waals surface area (Å²) in [6.07, 6.45) is 0. The molecule has 0 saturated heterocycles. The molecule has 14 heavy (non-hydrogen) atoms. The van der Waals surface area contributed by atoms with Gasteiger partial charge in [0.05, 0.1) is 0 Å². The molecule has 0 aromatic carbocycles. The number of carboxylic acids is 1. The molecule has 0 aromatic rings. The second kappa shape index (κ2) is 4.83. The van der Waals surface area contributed by atoms with E-state index >= 15 is 0 Å². The Bertz CT molecular complexity index is 221. The first kappa shape index (κ1) is 12.7. The summed E-state index contributed by atoms with van der Waals surface area (Å²) in [4.78, 5) is 21.5. The second-order valence-corrected chi connectivity index (χ2v) is 4.45. The molecule has 0 aliphatic heterocycles. The van der Waals surface area contributed by atoms with E-state index in [1.54, 1.807) is 0 Å². The van der Waals surface area contributed by atoms with Crippen LogP contribution in [-0.4, -0.2) is 29.7 Å². The zero-order chi connectivity index (χ0) is 11.4. The van der Waals surface area contributed by atoms with Crippen LogP contribution in [-0.2, 0) is 4.79 Å². The third kappa shape index (κ3) is 6.28. The van der Waals surface area contributed by atoms with Crippen molar-refractivity contribution in [3.8, 4) is 0 Å². The maximum absolute atomic E-state index is 11.1. The fourth-order valence-corrected chi connectivity index (χ4v) is 0.655. The molecule has 1 atom stereocenters. The summed E-state index contributed by atoms with van der Waals surface area (Å²) >= 11 is 0. The maximum Gasteiger partial charge on any atom is 0.325 e. The molecule has 0 fully saturated rings. The summed E-state index contributed by atoms with van der Waals surface area (Å²) in [5.74, 6) is -1.05. The van der Waals surface area contributed by atoms with Crippen LogP contribution in [0.4, 0.5) is 4.79 Å². The van der Waals surface area contributed by atoms with Crippen molar-refractivity contribution in [2.45, 2.75) is 33.7 Å². The fourth-order valence-electron chi connectivity index (χ4n) is 0.655.